The maximum atomic E-state index is 13.2. The fraction of sp³-hybridized carbons (Fsp3) is 0.600. The van der Waals surface area contributed by atoms with Crippen molar-refractivity contribution in [2.75, 3.05) is 20.1 Å². The van der Waals surface area contributed by atoms with E-state index in [1.807, 2.05) is 25.1 Å². The second kappa shape index (κ2) is 11.9. The number of carbonyl (C=O) groups excluding carboxylic acids is 3. The molecule has 0 unspecified atom stereocenters. The van der Waals surface area contributed by atoms with Crippen LogP contribution in [0.2, 0.25) is 0 Å². The van der Waals surface area contributed by atoms with Crippen LogP contribution >= 0.6 is 0 Å². The summed E-state index contributed by atoms with van der Waals surface area (Å²) in [7, 11) is 1.65. The monoisotopic (exact) mass is 483 g/mol. The molecule has 0 saturated heterocycles. The zero-order chi connectivity index (χ0) is 25.5. The number of amides is 3. The van der Waals surface area contributed by atoms with Gasteiger partial charge in [0.1, 0.15) is 17.7 Å². The second-order valence-electron chi connectivity index (χ2n) is 9.59. The van der Waals surface area contributed by atoms with Crippen LogP contribution < -0.4 is 5.32 Å². The number of hydrogen-bond donors (Lipinski definition) is 1. The van der Waals surface area contributed by atoms with Crippen LogP contribution in [0.4, 0.5) is 0 Å². The van der Waals surface area contributed by atoms with Gasteiger partial charge in [0.25, 0.3) is 0 Å². The van der Waals surface area contributed by atoms with Crippen molar-refractivity contribution in [1.29, 1.82) is 0 Å². The molecule has 0 aromatic carbocycles. The summed E-state index contributed by atoms with van der Waals surface area (Å²) in [6, 6.07) is 4.54. The van der Waals surface area contributed by atoms with Crippen molar-refractivity contribution >= 4 is 17.7 Å². The summed E-state index contributed by atoms with van der Waals surface area (Å²) >= 11 is 0. The van der Waals surface area contributed by atoms with E-state index >= 15 is 0 Å². The molecule has 35 heavy (non-hydrogen) atoms. The first kappa shape index (κ1) is 26.3. The van der Waals surface area contributed by atoms with E-state index in [4.69, 9.17) is 0 Å². The first-order chi connectivity index (χ1) is 16.7. The van der Waals surface area contributed by atoms with Gasteiger partial charge in [-0.3, -0.25) is 19.4 Å². The summed E-state index contributed by atoms with van der Waals surface area (Å²) in [5.74, 6) is 1.19. The number of pyridine rings is 1. The number of aromatic nitrogens is 4. The van der Waals surface area contributed by atoms with E-state index in [9.17, 15) is 14.4 Å². The van der Waals surface area contributed by atoms with Crippen molar-refractivity contribution in [3.05, 3.63) is 41.7 Å². The van der Waals surface area contributed by atoms with E-state index in [0.717, 1.165) is 0 Å². The van der Waals surface area contributed by atoms with Crippen LogP contribution in [0.3, 0.4) is 0 Å². The predicted octanol–water partition coefficient (Wildman–Crippen LogP) is 1.90. The standard InChI is InChI=1S/C25H37N7O3/c1-17(2)15-21-24-27-19(4)29-32(24)14-13-31(23(34)16-20-9-6-7-11-26-20)12-8-10-22(33)30(5)18(3)25(35)28-21/h6-7,9,11,17-18,21H,8,10,12-16H2,1-5H3,(H,28,35)/t18-,21+/m0/s1. The smallest absolute Gasteiger partial charge is 0.243 e. The number of likely N-dealkylation sites (N-methyl/N-ethyl adjacent to an activating group) is 1. The average Bonchev–Trinajstić information content (AvgIpc) is 3.19. The Bertz CT molecular complexity index is 1020. The van der Waals surface area contributed by atoms with Gasteiger partial charge in [-0.1, -0.05) is 19.9 Å². The third-order valence-electron chi connectivity index (χ3n) is 6.31. The number of rotatable bonds is 4. The number of nitrogens with one attached hydrogen (secondary N) is 1. The maximum Gasteiger partial charge on any atom is 0.243 e. The van der Waals surface area contributed by atoms with Crippen LogP contribution in [0.25, 0.3) is 0 Å². The molecule has 0 bridgehead atoms. The normalized spacial score (nSPS) is 20.4. The predicted molar refractivity (Wildman–Crippen MR) is 131 cm³/mol. The number of fused-ring (bicyclic) bond motifs is 1. The van der Waals surface area contributed by atoms with E-state index in [0.29, 0.717) is 55.7 Å². The molecule has 3 rings (SSSR count). The molecule has 2 aromatic rings. The highest BCUT2D eigenvalue weighted by molar-refractivity contribution is 5.87. The van der Waals surface area contributed by atoms with Crippen molar-refractivity contribution < 1.29 is 14.4 Å². The number of hydrogen-bond acceptors (Lipinski definition) is 6. The molecule has 10 nitrogen and oxygen atoms in total. The zero-order valence-corrected chi connectivity index (χ0v) is 21.4. The molecule has 3 amide bonds. The third kappa shape index (κ3) is 7.10. The van der Waals surface area contributed by atoms with E-state index in [1.165, 1.54) is 4.90 Å². The van der Waals surface area contributed by atoms with Gasteiger partial charge >= 0.3 is 0 Å². The molecule has 0 saturated carbocycles. The molecule has 2 atom stereocenters. The molecular weight excluding hydrogens is 446 g/mol. The molecule has 0 aliphatic carbocycles. The number of nitrogens with zero attached hydrogens (tertiary/aromatic N) is 6. The summed E-state index contributed by atoms with van der Waals surface area (Å²) in [6.45, 7) is 9.02. The van der Waals surface area contributed by atoms with Crippen LogP contribution in [0.1, 0.15) is 63.4 Å². The lowest BCUT2D eigenvalue weighted by molar-refractivity contribution is -0.139. The molecule has 3 heterocycles. The van der Waals surface area contributed by atoms with Crippen molar-refractivity contribution in [2.45, 2.75) is 72.0 Å². The molecule has 2 aromatic heterocycles. The molecule has 190 valence electrons. The van der Waals surface area contributed by atoms with Crippen LogP contribution in [-0.4, -0.2) is 73.4 Å². The summed E-state index contributed by atoms with van der Waals surface area (Å²) in [4.78, 5) is 51.1. The lowest BCUT2D eigenvalue weighted by Crippen LogP contribution is -2.47. The van der Waals surface area contributed by atoms with Gasteiger partial charge in [-0.25, -0.2) is 9.67 Å². The number of carbonyl (C=O) groups is 3. The van der Waals surface area contributed by atoms with Crippen LogP contribution in [0.5, 0.6) is 0 Å². The SMILES string of the molecule is Cc1nc2n(n1)CCN(C(=O)Cc1ccccn1)CCCC(=O)N(C)[C@@H](C)C(=O)N[C@@H]2CC(C)C. The lowest BCUT2D eigenvalue weighted by atomic mass is 10.0. The van der Waals surface area contributed by atoms with Gasteiger partial charge in [-0.15, -0.1) is 0 Å². The molecule has 1 N–H and O–H groups in total. The quantitative estimate of drug-likeness (QED) is 0.711. The summed E-state index contributed by atoms with van der Waals surface area (Å²) in [6.07, 6.45) is 3.31. The van der Waals surface area contributed by atoms with Gasteiger partial charge in [-0.05, 0) is 44.7 Å². The Morgan fingerprint density at radius 3 is 2.66 bits per heavy atom. The highest BCUT2D eigenvalue weighted by atomic mass is 16.2. The fourth-order valence-corrected chi connectivity index (χ4v) is 4.22. The van der Waals surface area contributed by atoms with Crippen LogP contribution in [0, 0.1) is 12.8 Å². The van der Waals surface area contributed by atoms with Crippen molar-refractivity contribution in [3.8, 4) is 0 Å². The lowest BCUT2D eigenvalue weighted by Gasteiger charge is -2.29. The van der Waals surface area contributed by atoms with Crippen molar-refractivity contribution in [2.24, 2.45) is 5.92 Å². The largest absolute Gasteiger partial charge is 0.344 e. The Labute approximate surface area is 207 Å². The van der Waals surface area contributed by atoms with Gasteiger partial charge in [0, 0.05) is 38.4 Å². The van der Waals surface area contributed by atoms with Crippen molar-refractivity contribution in [3.63, 3.8) is 0 Å². The van der Waals surface area contributed by atoms with Gasteiger partial charge in [-0.2, -0.15) is 5.10 Å². The molecule has 10 heteroatoms. The van der Waals surface area contributed by atoms with E-state index < -0.39 is 6.04 Å². The Kier molecular flexibility index (Phi) is 8.95. The van der Waals surface area contributed by atoms with Crippen molar-refractivity contribution in [1.82, 2.24) is 34.9 Å². The van der Waals surface area contributed by atoms with Gasteiger partial charge < -0.3 is 15.1 Å². The molecule has 0 spiro atoms. The highest BCUT2D eigenvalue weighted by Gasteiger charge is 2.29. The maximum absolute atomic E-state index is 13.2. The van der Waals surface area contributed by atoms with E-state index in [-0.39, 0.29) is 36.6 Å². The minimum Gasteiger partial charge on any atom is -0.344 e. The molecule has 1 aliphatic heterocycles. The second-order valence-corrected chi connectivity index (χ2v) is 9.59. The molecule has 0 fully saturated rings. The molecular formula is C25H37N7O3. The van der Waals surface area contributed by atoms with Gasteiger partial charge in [0.15, 0.2) is 0 Å². The first-order valence-corrected chi connectivity index (χ1v) is 12.3. The Balaban J connectivity index is 1.90. The Hall–Kier alpha value is -3.30. The topological polar surface area (TPSA) is 113 Å². The van der Waals surface area contributed by atoms with Crippen LogP contribution in [-0.2, 0) is 27.3 Å². The number of aryl methyl sites for hydroxylation is 1. The minimum atomic E-state index is -0.625. The highest BCUT2D eigenvalue weighted by Crippen LogP contribution is 2.21. The summed E-state index contributed by atoms with van der Waals surface area (Å²) in [5.41, 5.74) is 0.707. The first-order valence-electron chi connectivity index (χ1n) is 12.3. The third-order valence-corrected chi connectivity index (χ3v) is 6.31. The van der Waals surface area contributed by atoms with Crippen LogP contribution in [0.15, 0.2) is 24.4 Å². The fourth-order valence-electron chi connectivity index (χ4n) is 4.22. The van der Waals surface area contributed by atoms with Gasteiger partial charge in [0.2, 0.25) is 17.7 Å². The Morgan fingerprint density at radius 2 is 1.97 bits per heavy atom. The summed E-state index contributed by atoms with van der Waals surface area (Å²) in [5, 5.41) is 7.66. The van der Waals surface area contributed by atoms with Gasteiger partial charge in [0.05, 0.1) is 19.0 Å². The zero-order valence-electron chi connectivity index (χ0n) is 21.4. The average molecular weight is 484 g/mol. The van der Waals surface area contributed by atoms with E-state index in [1.54, 1.807) is 29.7 Å². The summed E-state index contributed by atoms with van der Waals surface area (Å²) < 4.78 is 1.80. The minimum absolute atomic E-state index is 0.0459. The molecule has 1 aliphatic rings. The Morgan fingerprint density at radius 1 is 1.20 bits per heavy atom. The molecule has 0 radical (unpaired) electrons. The van der Waals surface area contributed by atoms with E-state index in [2.05, 4.69) is 34.2 Å².